The zero-order chi connectivity index (χ0) is 13.8. The van der Waals surface area contributed by atoms with E-state index in [2.05, 4.69) is 5.43 Å². The number of nitrogens with one attached hydrogen (secondary N) is 1. The summed E-state index contributed by atoms with van der Waals surface area (Å²) in [5.41, 5.74) is 9.01. The molecule has 1 aromatic carbocycles. The zero-order valence-electron chi connectivity index (χ0n) is 10.5. The molecule has 1 aromatic heterocycles. The first-order valence-corrected chi connectivity index (χ1v) is 5.93. The van der Waals surface area contributed by atoms with E-state index in [0.29, 0.717) is 11.3 Å². The third kappa shape index (κ3) is 2.89. The number of hydrogen-bond donors (Lipinski definition) is 2. The Kier molecular flexibility index (Phi) is 3.77. The Morgan fingerprint density at radius 3 is 2.47 bits per heavy atom. The Hall–Kier alpha value is -2.40. The SMILES string of the molecule is CC(N)C(=O)Nn1cccc1C(=O)c1ccccc1. The largest absolute Gasteiger partial charge is 0.320 e. The van der Waals surface area contributed by atoms with E-state index >= 15 is 0 Å². The highest BCUT2D eigenvalue weighted by Gasteiger charge is 2.15. The maximum Gasteiger partial charge on any atom is 0.255 e. The van der Waals surface area contributed by atoms with Gasteiger partial charge in [0.1, 0.15) is 5.69 Å². The zero-order valence-corrected chi connectivity index (χ0v) is 10.5. The minimum absolute atomic E-state index is 0.157. The molecular weight excluding hydrogens is 242 g/mol. The van der Waals surface area contributed by atoms with E-state index in [0.717, 1.165) is 0 Å². The second kappa shape index (κ2) is 5.49. The van der Waals surface area contributed by atoms with Crippen LogP contribution in [0.4, 0.5) is 0 Å². The molecule has 98 valence electrons. The Morgan fingerprint density at radius 2 is 1.84 bits per heavy atom. The summed E-state index contributed by atoms with van der Waals surface area (Å²) in [4.78, 5) is 23.8. The van der Waals surface area contributed by atoms with Crippen LogP contribution in [0.25, 0.3) is 0 Å². The van der Waals surface area contributed by atoms with Crippen molar-refractivity contribution < 1.29 is 9.59 Å². The van der Waals surface area contributed by atoms with Crippen molar-refractivity contribution in [3.8, 4) is 0 Å². The number of benzene rings is 1. The Bertz CT molecular complexity index is 588. The summed E-state index contributed by atoms with van der Waals surface area (Å²) in [5.74, 6) is -0.506. The van der Waals surface area contributed by atoms with Gasteiger partial charge in [0.2, 0.25) is 5.78 Å². The third-order valence-corrected chi connectivity index (χ3v) is 2.66. The van der Waals surface area contributed by atoms with Crippen LogP contribution in [0.1, 0.15) is 23.0 Å². The van der Waals surface area contributed by atoms with E-state index in [1.807, 2.05) is 6.07 Å². The van der Waals surface area contributed by atoms with Crippen molar-refractivity contribution in [3.63, 3.8) is 0 Å². The van der Waals surface area contributed by atoms with Gasteiger partial charge in [0.05, 0.1) is 6.04 Å². The van der Waals surface area contributed by atoms with E-state index in [1.165, 1.54) is 4.68 Å². The molecule has 0 saturated carbocycles. The van der Waals surface area contributed by atoms with Crippen LogP contribution in [0.3, 0.4) is 0 Å². The van der Waals surface area contributed by atoms with Crippen LogP contribution in [0.2, 0.25) is 0 Å². The molecule has 5 heteroatoms. The first-order chi connectivity index (χ1) is 9.09. The molecule has 1 heterocycles. The molecule has 1 amide bonds. The number of carbonyl (C=O) groups is 2. The smallest absolute Gasteiger partial charge is 0.255 e. The average Bonchev–Trinajstić information content (AvgIpc) is 2.87. The lowest BCUT2D eigenvalue weighted by molar-refractivity contribution is -0.117. The van der Waals surface area contributed by atoms with Gasteiger partial charge in [0, 0.05) is 11.8 Å². The fourth-order valence-corrected chi connectivity index (χ4v) is 1.62. The monoisotopic (exact) mass is 257 g/mol. The molecule has 3 N–H and O–H groups in total. The Labute approximate surface area is 111 Å². The summed E-state index contributed by atoms with van der Waals surface area (Å²) in [7, 11) is 0. The van der Waals surface area contributed by atoms with Crippen molar-refractivity contribution >= 4 is 11.7 Å². The summed E-state index contributed by atoms with van der Waals surface area (Å²) >= 11 is 0. The van der Waals surface area contributed by atoms with Crippen LogP contribution in [-0.2, 0) is 4.79 Å². The van der Waals surface area contributed by atoms with Crippen LogP contribution in [0.15, 0.2) is 48.7 Å². The standard InChI is InChI=1S/C14H15N3O2/c1-10(15)14(19)16-17-9-5-8-12(17)13(18)11-6-3-2-4-7-11/h2-10H,15H2,1H3,(H,16,19). The van der Waals surface area contributed by atoms with E-state index in [9.17, 15) is 9.59 Å². The molecule has 0 radical (unpaired) electrons. The normalized spacial score (nSPS) is 11.9. The fraction of sp³-hybridized carbons (Fsp3) is 0.143. The second-order valence-electron chi connectivity index (χ2n) is 4.22. The molecule has 1 atom stereocenters. The number of nitrogens with zero attached hydrogens (tertiary/aromatic N) is 1. The summed E-state index contributed by atoms with van der Waals surface area (Å²) in [6, 6.07) is 11.6. The van der Waals surface area contributed by atoms with Crippen molar-refractivity contribution in [2.45, 2.75) is 13.0 Å². The predicted molar refractivity (Wildman–Crippen MR) is 72.3 cm³/mol. The summed E-state index contributed by atoms with van der Waals surface area (Å²) in [5, 5.41) is 0. The predicted octanol–water partition coefficient (Wildman–Crippen LogP) is 1.14. The van der Waals surface area contributed by atoms with E-state index in [4.69, 9.17) is 5.73 Å². The van der Waals surface area contributed by atoms with E-state index in [1.54, 1.807) is 49.5 Å². The van der Waals surface area contributed by atoms with Crippen molar-refractivity contribution in [3.05, 3.63) is 59.9 Å². The van der Waals surface area contributed by atoms with Crippen molar-refractivity contribution in [2.75, 3.05) is 5.43 Å². The number of rotatable bonds is 4. The molecule has 0 aliphatic heterocycles. The second-order valence-corrected chi connectivity index (χ2v) is 4.22. The van der Waals surface area contributed by atoms with E-state index < -0.39 is 6.04 Å². The fourth-order valence-electron chi connectivity index (χ4n) is 1.62. The molecule has 0 fully saturated rings. The molecule has 0 spiro atoms. The van der Waals surface area contributed by atoms with Crippen molar-refractivity contribution in [1.82, 2.24) is 4.68 Å². The maximum absolute atomic E-state index is 12.3. The first-order valence-electron chi connectivity index (χ1n) is 5.93. The van der Waals surface area contributed by atoms with Gasteiger partial charge >= 0.3 is 0 Å². The van der Waals surface area contributed by atoms with Crippen LogP contribution in [0.5, 0.6) is 0 Å². The Balaban J connectivity index is 2.25. The Morgan fingerprint density at radius 1 is 1.16 bits per heavy atom. The number of amides is 1. The molecule has 0 saturated heterocycles. The molecule has 5 nitrogen and oxygen atoms in total. The number of hydrogen-bond acceptors (Lipinski definition) is 3. The van der Waals surface area contributed by atoms with Crippen LogP contribution >= 0.6 is 0 Å². The quantitative estimate of drug-likeness (QED) is 0.806. The van der Waals surface area contributed by atoms with Crippen LogP contribution in [0, 0.1) is 0 Å². The lowest BCUT2D eigenvalue weighted by Gasteiger charge is -2.12. The molecule has 2 aromatic rings. The van der Waals surface area contributed by atoms with Gasteiger partial charge in [-0.3, -0.25) is 19.7 Å². The van der Waals surface area contributed by atoms with Crippen molar-refractivity contribution in [1.29, 1.82) is 0 Å². The molecule has 19 heavy (non-hydrogen) atoms. The van der Waals surface area contributed by atoms with Gasteiger partial charge in [-0.25, -0.2) is 0 Å². The highest BCUT2D eigenvalue weighted by atomic mass is 16.2. The summed E-state index contributed by atoms with van der Waals surface area (Å²) in [6.07, 6.45) is 1.61. The van der Waals surface area contributed by atoms with Gasteiger partial charge in [0.25, 0.3) is 5.91 Å². The molecule has 0 aliphatic carbocycles. The highest BCUT2D eigenvalue weighted by molar-refractivity contribution is 6.08. The van der Waals surface area contributed by atoms with E-state index in [-0.39, 0.29) is 11.7 Å². The minimum atomic E-state index is -0.637. The van der Waals surface area contributed by atoms with Crippen LogP contribution in [-0.4, -0.2) is 22.4 Å². The number of nitrogens with two attached hydrogens (primary N) is 1. The topological polar surface area (TPSA) is 77.1 Å². The van der Waals surface area contributed by atoms with Gasteiger partial charge in [-0.15, -0.1) is 0 Å². The number of aromatic nitrogens is 1. The lowest BCUT2D eigenvalue weighted by Crippen LogP contribution is -2.37. The van der Waals surface area contributed by atoms with Crippen LogP contribution < -0.4 is 11.2 Å². The molecule has 0 aliphatic rings. The third-order valence-electron chi connectivity index (χ3n) is 2.66. The lowest BCUT2D eigenvalue weighted by atomic mass is 10.1. The van der Waals surface area contributed by atoms with Crippen molar-refractivity contribution in [2.24, 2.45) is 5.73 Å². The summed E-state index contributed by atoms with van der Waals surface area (Å²) in [6.45, 7) is 1.58. The van der Waals surface area contributed by atoms with Gasteiger partial charge in [-0.05, 0) is 19.1 Å². The average molecular weight is 257 g/mol. The van der Waals surface area contributed by atoms with Gasteiger partial charge < -0.3 is 5.73 Å². The molecule has 1 unspecified atom stereocenters. The van der Waals surface area contributed by atoms with Gasteiger partial charge in [0.15, 0.2) is 0 Å². The highest BCUT2D eigenvalue weighted by Crippen LogP contribution is 2.09. The van der Waals surface area contributed by atoms with Gasteiger partial charge in [-0.2, -0.15) is 0 Å². The summed E-state index contributed by atoms with van der Waals surface area (Å²) < 4.78 is 1.39. The molecular formula is C14H15N3O2. The maximum atomic E-state index is 12.3. The number of carbonyl (C=O) groups excluding carboxylic acids is 2. The van der Waals surface area contributed by atoms with Gasteiger partial charge in [-0.1, -0.05) is 30.3 Å². The number of ketones is 1. The molecule has 2 rings (SSSR count). The first kappa shape index (κ1) is 13.0. The minimum Gasteiger partial charge on any atom is -0.320 e. The molecule has 0 bridgehead atoms.